The summed E-state index contributed by atoms with van der Waals surface area (Å²) < 4.78 is 6.52. The molecule has 0 spiro atoms. The quantitative estimate of drug-likeness (QED) is 0.583. The Morgan fingerprint density at radius 3 is 2.71 bits per heavy atom. The first-order valence-electron chi connectivity index (χ1n) is 5.34. The van der Waals surface area contributed by atoms with E-state index in [1.54, 1.807) is 13.1 Å². The van der Waals surface area contributed by atoms with Crippen LogP contribution in [0.15, 0.2) is 17.1 Å². The Kier molecular flexibility index (Phi) is 2.74. The molecule has 17 heavy (non-hydrogen) atoms. The summed E-state index contributed by atoms with van der Waals surface area (Å²) in [6.07, 6.45) is 1.65. The fraction of sp³-hybridized carbons (Fsp3) is 0.545. The second kappa shape index (κ2) is 3.96. The van der Waals surface area contributed by atoms with Gasteiger partial charge in [0.15, 0.2) is 0 Å². The van der Waals surface area contributed by atoms with Crippen molar-refractivity contribution in [1.82, 2.24) is 4.57 Å². The van der Waals surface area contributed by atoms with Crippen LogP contribution in [0.5, 0.6) is 0 Å². The maximum Gasteiger partial charge on any atom is 0.334 e. The van der Waals surface area contributed by atoms with Crippen LogP contribution in [0.1, 0.15) is 12.5 Å². The molecule has 1 aromatic rings. The van der Waals surface area contributed by atoms with Gasteiger partial charge in [0.2, 0.25) is 0 Å². The Morgan fingerprint density at radius 2 is 2.24 bits per heavy atom. The maximum atomic E-state index is 11.9. The van der Waals surface area contributed by atoms with E-state index >= 15 is 0 Å². The van der Waals surface area contributed by atoms with Crippen LogP contribution in [0, 0.1) is 22.5 Å². The van der Waals surface area contributed by atoms with Crippen LogP contribution in [0.4, 0.5) is 5.69 Å². The Hall–Kier alpha value is -1.69. The molecule has 1 fully saturated rings. The minimum Gasteiger partial charge on any atom is -0.380 e. The number of pyridine rings is 1. The van der Waals surface area contributed by atoms with Crippen LogP contribution in [-0.4, -0.2) is 22.7 Å². The SMILES string of the molecule is Cc1cc([N+](=O)[O-])c(=O)n(CC2(C)COC2)c1. The third-order valence-electron chi connectivity index (χ3n) is 2.85. The first-order chi connectivity index (χ1) is 7.91. The average molecular weight is 238 g/mol. The second-order valence-corrected chi connectivity index (χ2v) is 4.90. The van der Waals surface area contributed by atoms with Crippen molar-refractivity contribution in [3.8, 4) is 0 Å². The summed E-state index contributed by atoms with van der Waals surface area (Å²) in [7, 11) is 0. The molecule has 1 saturated heterocycles. The number of nitrogens with zero attached hydrogens (tertiary/aromatic N) is 2. The number of nitro groups is 1. The lowest BCUT2D eigenvalue weighted by Crippen LogP contribution is -2.45. The standard InChI is InChI=1S/C11H14N2O4/c1-8-3-9(13(15)16)10(14)12(4-8)5-11(2)6-17-7-11/h3-4H,5-7H2,1-2H3. The third kappa shape index (κ3) is 2.21. The van der Waals surface area contributed by atoms with Crippen LogP contribution in [0.3, 0.4) is 0 Å². The first-order valence-corrected chi connectivity index (χ1v) is 5.34. The van der Waals surface area contributed by atoms with Gasteiger partial charge in [0.1, 0.15) is 0 Å². The van der Waals surface area contributed by atoms with E-state index in [9.17, 15) is 14.9 Å². The highest BCUT2D eigenvalue weighted by Gasteiger charge is 2.34. The smallest absolute Gasteiger partial charge is 0.334 e. The Balaban J connectivity index is 2.40. The largest absolute Gasteiger partial charge is 0.380 e. The first kappa shape index (κ1) is 11.8. The summed E-state index contributed by atoms with van der Waals surface area (Å²) in [6.45, 7) is 5.36. The van der Waals surface area contributed by atoms with Gasteiger partial charge in [-0.2, -0.15) is 0 Å². The summed E-state index contributed by atoms with van der Waals surface area (Å²) in [5, 5.41) is 10.7. The van der Waals surface area contributed by atoms with Gasteiger partial charge in [-0.1, -0.05) is 6.92 Å². The van der Waals surface area contributed by atoms with Gasteiger partial charge in [-0.05, 0) is 12.5 Å². The molecule has 0 aliphatic carbocycles. The molecule has 6 heteroatoms. The molecule has 0 atom stereocenters. The lowest BCUT2D eigenvalue weighted by atomic mass is 9.88. The molecule has 1 aliphatic rings. The molecule has 0 aromatic carbocycles. The molecule has 0 amide bonds. The van der Waals surface area contributed by atoms with Crippen molar-refractivity contribution < 1.29 is 9.66 Å². The molecule has 6 nitrogen and oxygen atoms in total. The van der Waals surface area contributed by atoms with Gasteiger partial charge in [0.25, 0.3) is 0 Å². The van der Waals surface area contributed by atoms with Gasteiger partial charge in [0.05, 0.1) is 18.1 Å². The summed E-state index contributed by atoms with van der Waals surface area (Å²) in [5.41, 5.74) is -0.298. The van der Waals surface area contributed by atoms with Crippen molar-refractivity contribution >= 4 is 5.69 Å². The van der Waals surface area contributed by atoms with Crippen molar-refractivity contribution in [3.63, 3.8) is 0 Å². The highest BCUT2D eigenvalue weighted by Crippen LogP contribution is 2.28. The second-order valence-electron chi connectivity index (χ2n) is 4.90. The van der Waals surface area contributed by atoms with E-state index in [0.29, 0.717) is 25.3 Å². The Morgan fingerprint density at radius 1 is 1.59 bits per heavy atom. The maximum absolute atomic E-state index is 11.9. The van der Waals surface area contributed by atoms with Crippen LogP contribution >= 0.6 is 0 Å². The highest BCUT2D eigenvalue weighted by molar-refractivity contribution is 5.30. The fourth-order valence-corrected chi connectivity index (χ4v) is 1.97. The van der Waals surface area contributed by atoms with Gasteiger partial charge >= 0.3 is 11.2 Å². The number of rotatable bonds is 3. The van der Waals surface area contributed by atoms with Crippen LogP contribution < -0.4 is 5.56 Å². The van der Waals surface area contributed by atoms with Crippen LogP contribution in [0.2, 0.25) is 0 Å². The molecule has 0 N–H and O–H groups in total. The van der Waals surface area contributed by atoms with Crippen molar-refractivity contribution in [2.45, 2.75) is 20.4 Å². The topological polar surface area (TPSA) is 74.4 Å². The predicted octanol–water partition coefficient (Wildman–Crippen LogP) is 1.10. The normalized spacial score (nSPS) is 17.5. The van der Waals surface area contributed by atoms with Crippen molar-refractivity contribution in [1.29, 1.82) is 0 Å². The zero-order chi connectivity index (χ0) is 12.6. The molecule has 0 saturated carbocycles. The van der Waals surface area contributed by atoms with E-state index in [4.69, 9.17) is 4.74 Å². The van der Waals surface area contributed by atoms with Crippen LogP contribution in [-0.2, 0) is 11.3 Å². The lowest BCUT2D eigenvalue weighted by molar-refractivity contribution is -0.386. The molecule has 1 aliphatic heterocycles. The van der Waals surface area contributed by atoms with Gasteiger partial charge in [-0.3, -0.25) is 14.9 Å². The van der Waals surface area contributed by atoms with Gasteiger partial charge in [-0.25, -0.2) is 0 Å². The Bertz CT molecular complexity index is 517. The van der Waals surface area contributed by atoms with Crippen LogP contribution in [0.25, 0.3) is 0 Å². The molecule has 1 aromatic heterocycles. The van der Waals surface area contributed by atoms with E-state index in [1.807, 2.05) is 6.92 Å². The number of aryl methyl sites for hydroxylation is 1. The van der Waals surface area contributed by atoms with E-state index in [1.165, 1.54) is 10.6 Å². The monoisotopic (exact) mass is 238 g/mol. The molecule has 2 rings (SSSR count). The molecule has 0 radical (unpaired) electrons. The summed E-state index contributed by atoms with van der Waals surface area (Å²) in [4.78, 5) is 22.0. The van der Waals surface area contributed by atoms with Gasteiger partial charge in [-0.15, -0.1) is 0 Å². The van der Waals surface area contributed by atoms with Crippen molar-refractivity contribution in [2.75, 3.05) is 13.2 Å². The number of hydrogen-bond donors (Lipinski definition) is 0. The van der Waals surface area contributed by atoms with E-state index < -0.39 is 10.5 Å². The molecule has 0 bridgehead atoms. The zero-order valence-corrected chi connectivity index (χ0v) is 9.80. The number of ether oxygens (including phenoxy) is 1. The molecule has 2 heterocycles. The van der Waals surface area contributed by atoms with Gasteiger partial charge in [0, 0.05) is 24.2 Å². The zero-order valence-electron chi connectivity index (χ0n) is 9.80. The van der Waals surface area contributed by atoms with Gasteiger partial charge < -0.3 is 9.30 Å². The summed E-state index contributed by atoms with van der Waals surface area (Å²) in [5.74, 6) is 0. The highest BCUT2D eigenvalue weighted by atomic mass is 16.6. The van der Waals surface area contributed by atoms with Crippen molar-refractivity contribution in [2.24, 2.45) is 5.41 Å². The minimum atomic E-state index is -0.633. The lowest BCUT2D eigenvalue weighted by Gasteiger charge is -2.38. The molecular formula is C11H14N2O4. The average Bonchev–Trinajstić information content (AvgIpc) is 2.20. The number of aromatic nitrogens is 1. The fourth-order valence-electron chi connectivity index (χ4n) is 1.97. The Labute approximate surface area is 98.0 Å². The van der Waals surface area contributed by atoms with E-state index in [2.05, 4.69) is 0 Å². The third-order valence-corrected chi connectivity index (χ3v) is 2.85. The summed E-state index contributed by atoms with van der Waals surface area (Å²) in [6, 6.07) is 1.30. The molecular weight excluding hydrogens is 224 g/mol. The molecule has 92 valence electrons. The van der Waals surface area contributed by atoms with E-state index in [0.717, 1.165) is 0 Å². The minimum absolute atomic E-state index is 0.0918. The van der Waals surface area contributed by atoms with E-state index in [-0.39, 0.29) is 11.1 Å². The molecule has 0 unspecified atom stereocenters. The van der Waals surface area contributed by atoms with Crippen molar-refractivity contribution in [3.05, 3.63) is 38.3 Å². The predicted molar refractivity (Wildman–Crippen MR) is 61.0 cm³/mol. The summed E-state index contributed by atoms with van der Waals surface area (Å²) >= 11 is 0. The number of hydrogen-bond acceptors (Lipinski definition) is 4.